The van der Waals surface area contributed by atoms with Gasteiger partial charge in [-0.1, -0.05) is 0 Å². The Balaban J connectivity index is 1.91. The maximum Gasteiger partial charge on any atom is 0.221 e. The molecule has 3 rings (SSSR count). The molecule has 0 saturated carbocycles. The van der Waals surface area contributed by atoms with Gasteiger partial charge in [0.05, 0.1) is 12.1 Å². The first-order valence-electron chi connectivity index (χ1n) is 6.23. The monoisotopic (exact) mass is 225 g/mol. The summed E-state index contributed by atoms with van der Waals surface area (Å²) in [6.07, 6.45) is 4.74. The summed E-state index contributed by atoms with van der Waals surface area (Å²) in [4.78, 5) is 11.8. The highest BCUT2D eigenvalue weighted by Crippen LogP contribution is 2.50. The molecule has 3 aliphatic heterocycles. The summed E-state index contributed by atoms with van der Waals surface area (Å²) in [5.41, 5.74) is 0.00880. The smallest absolute Gasteiger partial charge is 0.221 e. The van der Waals surface area contributed by atoms with Gasteiger partial charge in [0, 0.05) is 31.7 Å². The molecule has 0 bridgehead atoms. The van der Waals surface area contributed by atoms with Crippen molar-refractivity contribution in [1.29, 1.82) is 0 Å². The van der Waals surface area contributed by atoms with Gasteiger partial charge < -0.3 is 14.8 Å². The van der Waals surface area contributed by atoms with E-state index >= 15 is 0 Å². The predicted octanol–water partition coefficient (Wildman–Crippen LogP) is 0.852. The number of rotatable bonds is 0. The first-order chi connectivity index (χ1) is 7.77. The van der Waals surface area contributed by atoms with E-state index in [1.54, 1.807) is 0 Å². The van der Waals surface area contributed by atoms with Gasteiger partial charge in [-0.15, -0.1) is 0 Å². The van der Waals surface area contributed by atoms with Crippen LogP contribution in [0.5, 0.6) is 0 Å². The summed E-state index contributed by atoms with van der Waals surface area (Å²) in [6.45, 7) is 3.12. The summed E-state index contributed by atoms with van der Waals surface area (Å²) in [5, 5.41) is 3.23. The molecular weight excluding hydrogens is 206 g/mol. The number of hydrogen-bond acceptors (Lipinski definition) is 3. The maximum absolute atomic E-state index is 11.8. The van der Waals surface area contributed by atoms with Gasteiger partial charge in [-0.3, -0.25) is 4.79 Å². The zero-order valence-electron chi connectivity index (χ0n) is 9.59. The van der Waals surface area contributed by atoms with Gasteiger partial charge in [-0.2, -0.15) is 0 Å². The number of carbonyl (C=O) groups is 1. The third kappa shape index (κ3) is 1.39. The number of amides is 1. The molecule has 16 heavy (non-hydrogen) atoms. The highest BCUT2D eigenvalue weighted by atomic mass is 16.5. The number of fused-ring (bicyclic) bond motifs is 1. The fourth-order valence-corrected chi connectivity index (χ4v) is 3.66. The zero-order valence-corrected chi connectivity index (χ0v) is 9.59. The topological polar surface area (TPSA) is 47.6 Å². The summed E-state index contributed by atoms with van der Waals surface area (Å²) in [7, 11) is 0. The van der Waals surface area contributed by atoms with Gasteiger partial charge in [0.25, 0.3) is 0 Å². The lowest BCUT2D eigenvalue weighted by Gasteiger charge is -2.48. The van der Waals surface area contributed by atoms with E-state index < -0.39 is 0 Å². The molecular formula is C12H19NO3. The van der Waals surface area contributed by atoms with Crippen molar-refractivity contribution in [2.45, 2.75) is 37.6 Å². The van der Waals surface area contributed by atoms with Crippen LogP contribution in [0, 0.1) is 5.41 Å². The molecule has 3 aliphatic rings. The number of carbonyl (C=O) groups excluding carboxylic acids is 1. The average molecular weight is 225 g/mol. The van der Waals surface area contributed by atoms with Crippen LogP contribution in [0.2, 0.25) is 0 Å². The minimum Gasteiger partial charge on any atom is -0.381 e. The zero-order chi connectivity index (χ0) is 11.1. The molecule has 3 fully saturated rings. The molecule has 1 N–H and O–H groups in total. The molecule has 0 aliphatic carbocycles. The van der Waals surface area contributed by atoms with Gasteiger partial charge in [0.2, 0.25) is 5.91 Å². The Morgan fingerprint density at radius 3 is 2.56 bits per heavy atom. The standard InChI is InChI=1S/C12H19NO3/c14-10-8-11(2-1-5-16-9-11)12(13-10)3-6-15-7-4-12/h1-9H2,(H,13,14). The average Bonchev–Trinajstić information content (AvgIpc) is 2.53. The quantitative estimate of drug-likeness (QED) is 0.665. The van der Waals surface area contributed by atoms with Crippen LogP contribution in [0.4, 0.5) is 0 Å². The Morgan fingerprint density at radius 2 is 1.88 bits per heavy atom. The molecule has 1 unspecified atom stereocenters. The van der Waals surface area contributed by atoms with E-state index in [-0.39, 0.29) is 16.9 Å². The number of nitrogens with one attached hydrogen (secondary N) is 1. The molecule has 4 heteroatoms. The molecule has 3 saturated heterocycles. The Kier molecular flexibility index (Phi) is 2.44. The minimum atomic E-state index is -0.0389. The Bertz CT molecular complexity index is 263. The summed E-state index contributed by atoms with van der Waals surface area (Å²) < 4.78 is 11.1. The molecule has 0 aromatic heterocycles. The first kappa shape index (κ1) is 10.5. The second kappa shape index (κ2) is 3.70. The van der Waals surface area contributed by atoms with Crippen LogP contribution in [-0.4, -0.2) is 37.9 Å². The molecule has 2 spiro atoms. The molecule has 3 heterocycles. The molecule has 4 nitrogen and oxygen atoms in total. The fourth-order valence-electron chi connectivity index (χ4n) is 3.66. The highest BCUT2D eigenvalue weighted by molar-refractivity contribution is 5.81. The maximum atomic E-state index is 11.8. The van der Waals surface area contributed by atoms with Crippen molar-refractivity contribution in [2.24, 2.45) is 5.41 Å². The van der Waals surface area contributed by atoms with E-state index in [1.165, 1.54) is 0 Å². The van der Waals surface area contributed by atoms with Crippen LogP contribution in [-0.2, 0) is 14.3 Å². The molecule has 1 atom stereocenters. The normalized spacial score (nSPS) is 37.9. The van der Waals surface area contributed by atoms with Crippen LogP contribution in [0.15, 0.2) is 0 Å². The molecule has 0 radical (unpaired) electrons. The van der Waals surface area contributed by atoms with Gasteiger partial charge in [-0.25, -0.2) is 0 Å². The van der Waals surface area contributed by atoms with Crippen molar-refractivity contribution in [1.82, 2.24) is 5.32 Å². The van der Waals surface area contributed by atoms with Gasteiger partial charge in [0.1, 0.15) is 0 Å². The van der Waals surface area contributed by atoms with E-state index in [0.29, 0.717) is 6.42 Å². The number of hydrogen-bond donors (Lipinski definition) is 1. The van der Waals surface area contributed by atoms with Gasteiger partial charge in [-0.05, 0) is 25.7 Å². The molecule has 1 amide bonds. The lowest BCUT2D eigenvalue weighted by atomic mass is 9.64. The van der Waals surface area contributed by atoms with E-state index in [9.17, 15) is 4.79 Å². The third-order valence-corrected chi connectivity index (χ3v) is 4.56. The Labute approximate surface area is 95.7 Å². The Hall–Kier alpha value is -0.610. The highest BCUT2D eigenvalue weighted by Gasteiger charge is 2.58. The van der Waals surface area contributed by atoms with Crippen molar-refractivity contribution in [3.8, 4) is 0 Å². The van der Waals surface area contributed by atoms with Crippen LogP contribution < -0.4 is 5.32 Å². The SMILES string of the molecule is O=C1CC2(CCCOC2)C2(CCOCC2)N1. The lowest BCUT2D eigenvalue weighted by Crippen LogP contribution is -2.58. The van der Waals surface area contributed by atoms with Crippen molar-refractivity contribution in [2.75, 3.05) is 26.4 Å². The second-order valence-electron chi connectivity index (χ2n) is 5.36. The molecule has 90 valence electrons. The van der Waals surface area contributed by atoms with Gasteiger partial charge in [0.15, 0.2) is 0 Å². The summed E-state index contributed by atoms with van der Waals surface area (Å²) >= 11 is 0. The lowest BCUT2D eigenvalue weighted by molar-refractivity contribution is -0.120. The summed E-state index contributed by atoms with van der Waals surface area (Å²) in [5.74, 6) is 0.201. The third-order valence-electron chi connectivity index (χ3n) is 4.56. The van der Waals surface area contributed by atoms with Crippen molar-refractivity contribution in [3.63, 3.8) is 0 Å². The van der Waals surface area contributed by atoms with Crippen molar-refractivity contribution in [3.05, 3.63) is 0 Å². The largest absolute Gasteiger partial charge is 0.381 e. The second-order valence-corrected chi connectivity index (χ2v) is 5.36. The predicted molar refractivity (Wildman–Crippen MR) is 58.0 cm³/mol. The van der Waals surface area contributed by atoms with E-state index in [2.05, 4.69) is 5.32 Å². The van der Waals surface area contributed by atoms with E-state index in [1.807, 2.05) is 0 Å². The van der Waals surface area contributed by atoms with E-state index in [0.717, 1.165) is 52.1 Å². The van der Waals surface area contributed by atoms with Crippen LogP contribution in [0.3, 0.4) is 0 Å². The molecule has 0 aromatic rings. The van der Waals surface area contributed by atoms with Crippen LogP contribution in [0.25, 0.3) is 0 Å². The van der Waals surface area contributed by atoms with Crippen LogP contribution in [0.1, 0.15) is 32.1 Å². The first-order valence-corrected chi connectivity index (χ1v) is 6.23. The van der Waals surface area contributed by atoms with E-state index in [4.69, 9.17) is 9.47 Å². The summed E-state index contributed by atoms with van der Waals surface area (Å²) in [6, 6.07) is 0. The van der Waals surface area contributed by atoms with Crippen LogP contribution >= 0.6 is 0 Å². The number of ether oxygens (including phenoxy) is 2. The van der Waals surface area contributed by atoms with Crippen molar-refractivity contribution < 1.29 is 14.3 Å². The Morgan fingerprint density at radius 1 is 1.06 bits per heavy atom. The fraction of sp³-hybridized carbons (Fsp3) is 0.917. The minimum absolute atomic E-state index is 0.0389. The van der Waals surface area contributed by atoms with Crippen molar-refractivity contribution >= 4 is 5.91 Å². The molecule has 0 aromatic carbocycles. The van der Waals surface area contributed by atoms with Gasteiger partial charge >= 0.3 is 0 Å².